The molecule has 3 aromatic rings. The van der Waals surface area contributed by atoms with Crippen LogP contribution in [-0.2, 0) is 22.6 Å². The SMILES string of the molecule is C[C@@H](CCC(N)=O)n1c(=O)c(-c2cccc(F)c2Cl)cn(CC(=O)N2CCC(N3CCc4cc(F)ccc4NC3=O)CC2)c1=O. The Hall–Kier alpha value is -4.52. The summed E-state index contributed by atoms with van der Waals surface area (Å²) in [5.41, 5.74) is 5.03. The number of urea groups is 1. The summed E-state index contributed by atoms with van der Waals surface area (Å²) in [4.78, 5) is 68.1. The van der Waals surface area contributed by atoms with Gasteiger partial charge in [0, 0.05) is 55.6 Å². The molecule has 2 aromatic carbocycles. The molecule has 5 rings (SSSR count). The van der Waals surface area contributed by atoms with Crippen LogP contribution in [0.2, 0.25) is 5.02 Å². The maximum atomic E-state index is 14.3. The summed E-state index contributed by atoms with van der Waals surface area (Å²) < 4.78 is 30.1. The topological polar surface area (TPSA) is 140 Å². The Balaban J connectivity index is 1.34. The molecule has 14 heteroatoms. The first kappa shape index (κ1) is 31.9. The standard InChI is InChI=1S/C31H33ClF2N6O5/c1-18(5-8-26(35)41)40-29(43)23(22-3-2-4-24(34)28(22)32)16-38(31(40)45)17-27(42)37-12-10-21(11-13-37)39-14-9-19-15-20(33)6-7-25(19)36-30(39)44/h2-4,6-7,15-16,18,21H,5,8-14,17H2,1H3,(H2,35,41)(H,36,44)/t18-/m0/s1. The van der Waals surface area contributed by atoms with Gasteiger partial charge in [-0.1, -0.05) is 23.7 Å². The largest absolute Gasteiger partial charge is 0.370 e. The molecule has 1 aromatic heterocycles. The number of nitrogens with zero attached hydrogens (tertiary/aromatic N) is 4. The average Bonchev–Trinajstić information content (AvgIpc) is 3.17. The highest BCUT2D eigenvalue weighted by Gasteiger charge is 2.32. The number of nitrogens with one attached hydrogen (secondary N) is 1. The van der Waals surface area contributed by atoms with Crippen molar-refractivity contribution in [3.8, 4) is 11.1 Å². The fourth-order valence-electron chi connectivity index (χ4n) is 5.94. The monoisotopic (exact) mass is 642 g/mol. The number of benzene rings is 2. The van der Waals surface area contributed by atoms with E-state index in [4.69, 9.17) is 17.3 Å². The minimum absolute atomic E-state index is 0.0557. The van der Waals surface area contributed by atoms with Gasteiger partial charge < -0.3 is 20.9 Å². The van der Waals surface area contributed by atoms with Crippen molar-refractivity contribution >= 4 is 35.1 Å². The van der Waals surface area contributed by atoms with Crippen molar-refractivity contribution < 1.29 is 23.2 Å². The first-order chi connectivity index (χ1) is 21.4. The van der Waals surface area contributed by atoms with Crippen LogP contribution in [0.5, 0.6) is 0 Å². The summed E-state index contributed by atoms with van der Waals surface area (Å²) in [6, 6.07) is 7.02. The van der Waals surface area contributed by atoms with Crippen LogP contribution >= 0.6 is 11.6 Å². The van der Waals surface area contributed by atoms with Crippen LogP contribution < -0.4 is 22.3 Å². The molecule has 1 saturated heterocycles. The van der Waals surface area contributed by atoms with Crippen LogP contribution in [0.4, 0.5) is 19.3 Å². The van der Waals surface area contributed by atoms with Crippen molar-refractivity contribution in [1.29, 1.82) is 0 Å². The second-order valence-corrected chi connectivity index (χ2v) is 11.7. The van der Waals surface area contributed by atoms with Gasteiger partial charge >= 0.3 is 11.7 Å². The molecule has 2 aliphatic rings. The van der Waals surface area contributed by atoms with Gasteiger partial charge in [-0.05, 0) is 62.4 Å². The van der Waals surface area contributed by atoms with Crippen molar-refractivity contribution in [2.24, 2.45) is 5.73 Å². The molecule has 0 bridgehead atoms. The lowest BCUT2D eigenvalue weighted by Gasteiger charge is -2.38. The minimum Gasteiger partial charge on any atom is -0.370 e. The number of carbonyl (C=O) groups is 3. The number of aromatic nitrogens is 2. The highest BCUT2D eigenvalue weighted by atomic mass is 35.5. The van der Waals surface area contributed by atoms with Crippen LogP contribution in [0.3, 0.4) is 0 Å². The highest BCUT2D eigenvalue weighted by Crippen LogP contribution is 2.28. The van der Waals surface area contributed by atoms with E-state index < -0.39 is 35.6 Å². The zero-order valence-electron chi connectivity index (χ0n) is 24.6. The van der Waals surface area contributed by atoms with Gasteiger partial charge in [0.25, 0.3) is 5.56 Å². The number of nitrogens with two attached hydrogens (primary N) is 1. The molecule has 238 valence electrons. The van der Waals surface area contributed by atoms with Crippen LogP contribution in [-0.4, -0.2) is 62.5 Å². The highest BCUT2D eigenvalue weighted by molar-refractivity contribution is 6.33. The summed E-state index contributed by atoms with van der Waals surface area (Å²) in [5.74, 6) is -2.11. The van der Waals surface area contributed by atoms with Gasteiger partial charge in [-0.25, -0.2) is 18.4 Å². The van der Waals surface area contributed by atoms with Crippen molar-refractivity contribution in [1.82, 2.24) is 18.9 Å². The summed E-state index contributed by atoms with van der Waals surface area (Å²) in [6.45, 7) is 2.21. The number of fused-ring (bicyclic) bond motifs is 1. The van der Waals surface area contributed by atoms with Gasteiger partial charge in [-0.2, -0.15) is 0 Å². The van der Waals surface area contributed by atoms with E-state index in [1.807, 2.05) is 0 Å². The van der Waals surface area contributed by atoms with Crippen LogP contribution in [0.1, 0.15) is 44.2 Å². The van der Waals surface area contributed by atoms with Crippen molar-refractivity contribution in [3.63, 3.8) is 0 Å². The predicted octanol–water partition coefficient (Wildman–Crippen LogP) is 3.52. The molecule has 45 heavy (non-hydrogen) atoms. The van der Waals surface area contributed by atoms with E-state index in [-0.39, 0.29) is 52.8 Å². The van der Waals surface area contributed by atoms with Crippen LogP contribution in [0.25, 0.3) is 11.1 Å². The fourth-order valence-corrected chi connectivity index (χ4v) is 6.17. The number of amides is 4. The quantitative estimate of drug-likeness (QED) is 0.387. The van der Waals surface area contributed by atoms with Crippen molar-refractivity contribution in [2.45, 2.75) is 57.7 Å². The van der Waals surface area contributed by atoms with E-state index in [1.54, 1.807) is 22.8 Å². The Morgan fingerprint density at radius 2 is 1.80 bits per heavy atom. The molecule has 1 atom stereocenters. The summed E-state index contributed by atoms with van der Waals surface area (Å²) in [5, 5.41) is 2.54. The van der Waals surface area contributed by atoms with E-state index >= 15 is 0 Å². The van der Waals surface area contributed by atoms with Gasteiger partial charge in [0.05, 0.1) is 10.6 Å². The third-order valence-electron chi connectivity index (χ3n) is 8.43. The predicted molar refractivity (Wildman–Crippen MR) is 164 cm³/mol. The van der Waals surface area contributed by atoms with Crippen molar-refractivity contribution in [3.05, 3.63) is 85.7 Å². The maximum Gasteiger partial charge on any atom is 0.331 e. The van der Waals surface area contributed by atoms with E-state index in [2.05, 4.69) is 5.32 Å². The molecule has 2 aliphatic heterocycles. The van der Waals surface area contributed by atoms with Gasteiger partial charge in [-0.3, -0.25) is 23.5 Å². The maximum absolute atomic E-state index is 14.3. The number of piperidine rings is 1. The lowest BCUT2D eigenvalue weighted by Crippen LogP contribution is -2.51. The second kappa shape index (κ2) is 13.2. The summed E-state index contributed by atoms with van der Waals surface area (Å²) in [6.07, 6.45) is 2.69. The molecule has 11 nitrogen and oxygen atoms in total. The molecular weight excluding hydrogens is 610 g/mol. The van der Waals surface area contributed by atoms with Gasteiger partial charge in [0.1, 0.15) is 18.2 Å². The van der Waals surface area contributed by atoms with Gasteiger partial charge in [0.15, 0.2) is 0 Å². The average molecular weight is 643 g/mol. The Morgan fingerprint density at radius 1 is 1.07 bits per heavy atom. The molecule has 0 unspecified atom stereocenters. The number of primary amides is 1. The smallest absolute Gasteiger partial charge is 0.331 e. The van der Waals surface area contributed by atoms with E-state index in [0.29, 0.717) is 50.1 Å². The lowest BCUT2D eigenvalue weighted by atomic mass is 10.0. The Morgan fingerprint density at radius 3 is 2.51 bits per heavy atom. The first-order valence-corrected chi connectivity index (χ1v) is 15.0. The third kappa shape index (κ3) is 6.77. The molecule has 0 radical (unpaired) electrons. The summed E-state index contributed by atoms with van der Waals surface area (Å²) in [7, 11) is 0. The number of hydrogen-bond acceptors (Lipinski definition) is 5. The van der Waals surface area contributed by atoms with E-state index in [9.17, 15) is 32.8 Å². The lowest BCUT2D eigenvalue weighted by molar-refractivity contribution is -0.133. The molecule has 4 amide bonds. The number of rotatable bonds is 8. The third-order valence-corrected chi connectivity index (χ3v) is 8.82. The number of carbonyl (C=O) groups excluding carboxylic acids is 3. The molecule has 0 saturated carbocycles. The molecular formula is C31H33ClF2N6O5. The summed E-state index contributed by atoms with van der Waals surface area (Å²) >= 11 is 6.19. The Labute approximate surface area is 262 Å². The van der Waals surface area contributed by atoms with Gasteiger partial charge in [0.2, 0.25) is 11.8 Å². The molecule has 0 spiro atoms. The Kier molecular flexibility index (Phi) is 9.37. The van der Waals surface area contributed by atoms with Crippen LogP contribution in [0.15, 0.2) is 52.2 Å². The number of anilines is 1. The molecule has 1 fully saturated rings. The normalized spacial score (nSPS) is 16.1. The van der Waals surface area contributed by atoms with Gasteiger partial charge in [-0.15, -0.1) is 0 Å². The number of halogens is 3. The van der Waals surface area contributed by atoms with E-state index in [0.717, 1.165) is 15.2 Å². The fraction of sp³-hybridized carbons (Fsp3) is 0.387. The molecule has 0 aliphatic carbocycles. The zero-order chi connectivity index (χ0) is 32.4. The number of hydrogen-bond donors (Lipinski definition) is 2. The minimum atomic E-state index is -0.770. The zero-order valence-corrected chi connectivity index (χ0v) is 25.4. The second-order valence-electron chi connectivity index (χ2n) is 11.4. The Bertz CT molecular complexity index is 1770. The van der Waals surface area contributed by atoms with Crippen LogP contribution in [0, 0.1) is 11.6 Å². The van der Waals surface area contributed by atoms with E-state index in [1.165, 1.54) is 30.5 Å². The first-order valence-electron chi connectivity index (χ1n) is 14.7. The number of likely N-dealkylation sites (tertiary alicyclic amines) is 1. The van der Waals surface area contributed by atoms with Crippen molar-refractivity contribution in [2.75, 3.05) is 25.0 Å². The molecule has 3 N–H and O–H groups in total. The molecule has 3 heterocycles.